The second kappa shape index (κ2) is 9.77. The molecule has 1 N–H and O–H groups in total. The Morgan fingerprint density at radius 2 is 1.96 bits per heavy atom. The van der Waals surface area contributed by atoms with Gasteiger partial charge in [0.1, 0.15) is 5.75 Å². The maximum atomic E-state index is 12.0. The van der Waals surface area contributed by atoms with Crippen LogP contribution >= 0.6 is 15.9 Å². The van der Waals surface area contributed by atoms with Crippen LogP contribution in [0, 0.1) is 0 Å². The van der Waals surface area contributed by atoms with E-state index in [1.165, 1.54) is 6.08 Å². The number of carbonyl (C=O) groups is 2. The van der Waals surface area contributed by atoms with Crippen LogP contribution in [0.15, 0.2) is 59.1 Å². The minimum Gasteiger partial charge on any atom is -0.497 e. The molecule has 5 nitrogen and oxygen atoms in total. The SMILES string of the molecule is COc1cccc(/C=C/C(=O)OCC(=O)N[C@H](C)c2ccccc2Br)c1. The molecule has 0 unspecified atom stereocenters. The zero-order chi connectivity index (χ0) is 18.9. The number of nitrogens with one attached hydrogen (secondary N) is 1. The predicted octanol–water partition coefficient (Wildman–Crippen LogP) is 3.89. The molecule has 0 aromatic heterocycles. The van der Waals surface area contributed by atoms with Crippen LogP contribution in [-0.2, 0) is 14.3 Å². The maximum Gasteiger partial charge on any atom is 0.331 e. The third kappa shape index (κ3) is 6.04. The highest BCUT2D eigenvalue weighted by molar-refractivity contribution is 9.10. The second-order valence-corrected chi connectivity index (χ2v) is 6.38. The molecule has 1 atom stereocenters. The third-order valence-corrected chi connectivity index (χ3v) is 4.32. The Morgan fingerprint density at radius 1 is 1.19 bits per heavy atom. The minimum atomic E-state index is -0.587. The van der Waals surface area contributed by atoms with Crippen molar-refractivity contribution in [3.05, 3.63) is 70.2 Å². The number of amides is 1. The average molecular weight is 418 g/mol. The molecule has 2 rings (SSSR count). The number of hydrogen-bond donors (Lipinski definition) is 1. The molecule has 0 heterocycles. The van der Waals surface area contributed by atoms with Gasteiger partial charge < -0.3 is 14.8 Å². The summed E-state index contributed by atoms with van der Waals surface area (Å²) in [7, 11) is 1.57. The number of rotatable bonds is 7. The van der Waals surface area contributed by atoms with Crippen molar-refractivity contribution < 1.29 is 19.1 Å². The van der Waals surface area contributed by atoms with Gasteiger partial charge in [-0.1, -0.05) is 46.3 Å². The molecule has 0 saturated heterocycles. The van der Waals surface area contributed by atoms with Gasteiger partial charge in [0.2, 0.25) is 0 Å². The Morgan fingerprint density at radius 3 is 2.69 bits per heavy atom. The van der Waals surface area contributed by atoms with Gasteiger partial charge in [-0.05, 0) is 42.3 Å². The molecule has 0 aliphatic heterocycles. The summed E-state index contributed by atoms with van der Waals surface area (Å²) in [6.45, 7) is 1.53. The van der Waals surface area contributed by atoms with Gasteiger partial charge in [-0.3, -0.25) is 4.79 Å². The van der Waals surface area contributed by atoms with Gasteiger partial charge in [0.15, 0.2) is 6.61 Å². The first kappa shape index (κ1) is 19.7. The lowest BCUT2D eigenvalue weighted by Crippen LogP contribution is -2.31. The van der Waals surface area contributed by atoms with Crippen molar-refractivity contribution >= 4 is 33.9 Å². The zero-order valence-corrected chi connectivity index (χ0v) is 16.2. The zero-order valence-electron chi connectivity index (χ0n) is 14.6. The molecule has 2 aromatic rings. The second-order valence-electron chi connectivity index (χ2n) is 5.53. The normalized spacial score (nSPS) is 11.8. The molecule has 1 amide bonds. The molecule has 0 spiro atoms. The summed E-state index contributed by atoms with van der Waals surface area (Å²) in [6.07, 6.45) is 2.88. The molecule has 0 aliphatic rings. The standard InChI is InChI=1S/C20H20BrNO4/c1-14(17-8-3-4-9-18(17)21)22-19(23)13-26-20(24)11-10-15-6-5-7-16(12-15)25-2/h3-12,14H,13H2,1-2H3,(H,22,23)/b11-10+/t14-/m1/s1. The summed E-state index contributed by atoms with van der Waals surface area (Å²) >= 11 is 3.45. The Balaban J connectivity index is 1.82. The lowest BCUT2D eigenvalue weighted by Gasteiger charge is -2.15. The monoisotopic (exact) mass is 417 g/mol. The molecule has 0 radical (unpaired) electrons. The lowest BCUT2D eigenvalue weighted by atomic mass is 10.1. The van der Waals surface area contributed by atoms with Gasteiger partial charge in [0.25, 0.3) is 5.91 Å². The van der Waals surface area contributed by atoms with Crippen LogP contribution < -0.4 is 10.1 Å². The van der Waals surface area contributed by atoms with Crippen molar-refractivity contribution in [1.29, 1.82) is 0 Å². The lowest BCUT2D eigenvalue weighted by molar-refractivity contribution is -0.144. The molecule has 0 bridgehead atoms. The summed E-state index contributed by atoms with van der Waals surface area (Å²) < 4.78 is 11.0. The first-order valence-corrected chi connectivity index (χ1v) is 8.81. The molecule has 0 aliphatic carbocycles. The quantitative estimate of drug-likeness (QED) is 0.548. The van der Waals surface area contributed by atoms with Crippen LogP contribution in [0.25, 0.3) is 6.08 Å². The van der Waals surface area contributed by atoms with Gasteiger partial charge in [0, 0.05) is 10.5 Å². The number of methoxy groups -OCH3 is 1. The summed E-state index contributed by atoms with van der Waals surface area (Å²) in [5.74, 6) is -0.256. The van der Waals surface area contributed by atoms with Crippen molar-refractivity contribution in [3.63, 3.8) is 0 Å². The van der Waals surface area contributed by atoms with E-state index in [-0.39, 0.29) is 18.6 Å². The van der Waals surface area contributed by atoms with E-state index in [9.17, 15) is 9.59 Å². The van der Waals surface area contributed by atoms with E-state index in [4.69, 9.17) is 9.47 Å². The van der Waals surface area contributed by atoms with Gasteiger partial charge in [-0.25, -0.2) is 4.79 Å². The van der Waals surface area contributed by atoms with Crippen molar-refractivity contribution in [2.24, 2.45) is 0 Å². The molecular formula is C20H20BrNO4. The summed E-state index contributed by atoms with van der Waals surface area (Å²) in [4.78, 5) is 23.7. The van der Waals surface area contributed by atoms with Crippen LogP contribution in [0.1, 0.15) is 24.1 Å². The van der Waals surface area contributed by atoms with Crippen molar-refractivity contribution in [2.45, 2.75) is 13.0 Å². The summed E-state index contributed by atoms with van der Waals surface area (Å²) in [5, 5.41) is 2.79. The average Bonchev–Trinajstić information content (AvgIpc) is 2.65. The molecule has 6 heteroatoms. The van der Waals surface area contributed by atoms with Crippen LogP contribution in [0.2, 0.25) is 0 Å². The first-order valence-electron chi connectivity index (χ1n) is 8.02. The fraction of sp³-hybridized carbons (Fsp3) is 0.200. The van der Waals surface area contributed by atoms with Gasteiger partial charge >= 0.3 is 5.97 Å². The molecule has 2 aromatic carbocycles. The number of ether oxygens (including phenoxy) is 2. The van der Waals surface area contributed by atoms with E-state index in [0.717, 1.165) is 15.6 Å². The number of benzene rings is 2. The third-order valence-electron chi connectivity index (χ3n) is 3.60. The number of halogens is 1. The Labute approximate surface area is 161 Å². The predicted molar refractivity (Wildman–Crippen MR) is 104 cm³/mol. The first-order chi connectivity index (χ1) is 12.5. The van der Waals surface area contributed by atoms with Crippen molar-refractivity contribution in [3.8, 4) is 5.75 Å². The highest BCUT2D eigenvalue weighted by Gasteiger charge is 2.13. The van der Waals surface area contributed by atoms with Crippen LogP contribution in [0.3, 0.4) is 0 Å². The Bertz CT molecular complexity index is 804. The van der Waals surface area contributed by atoms with E-state index in [0.29, 0.717) is 5.75 Å². The number of hydrogen-bond acceptors (Lipinski definition) is 4. The van der Waals surface area contributed by atoms with Crippen LogP contribution in [0.5, 0.6) is 5.75 Å². The fourth-order valence-corrected chi connectivity index (χ4v) is 2.91. The smallest absolute Gasteiger partial charge is 0.331 e. The molecule has 26 heavy (non-hydrogen) atoms. The topological polar surface area (TPSA) is 64.6 Å². The molecular weight excluding hydrogens is 398 g/mol. The minimum absolute atomic E-state index is 0.205. The highest BCUT2D eigenvalue weighted by Crippen LogP contribution is 2.22. The van der Waals surface area contributed by atoms with E-state index in [1.807, 2.05) is 49.4 Å². The largest absolute Gasteiger partial charge is 0.497 e. The maximum absolute atomic E-state index is 12.0. The number of esters is 1. The summed E-state index contributed by atoms with van der Waals surface area (Å²) in [6, 6.07) is 14.7. The molecule has 0 saturated carbocycles. The summed E-state index contributed by atoms with van der Waals surface area (Å²) in [5.41, 5.74) is 1.75. The Kier molecular flexibility index (Phi) is 7.41. The fourth-order valence-electron chi connectivity index (χ4n) is 2.28. The molecule has 0 fully saturated rings. The van der Waals surface area contributed by atoms with Gasteiger partial charge in [-0.2, -0.15) is 0 Å². The van der Waals surface area contributed by atoms with Gasteiger partial charge in [-0.15, -0.1) is 0 Å². The van der Waals surface area contributed by atoms with Crippen LogP contribution in [0.4, 0.5) is 0 Å². The van der Waals surface area contributed by atoms with Crippen molar-refractivity contribution in [2.75, 3.05) is 13.7 Å². The highest BCUT2D eigenvalue weighted by atomic mass is 79.9. The van der Waals surface area contributed by atoms with E-state index in [2.05, 4.69) is 21.2 Å². The van der Waals surface area contributed by atoms with Crippen molar-refractivity contribution in [1.82, 2.24) is 5.32 Å². The Hall–Kier alpha value is -2.60. The number of carbonyl (C=O) groups excluding carboxylic acids is 2. The van der Waals surface area contributed by atoms with Gasteiger partial charge in [0.05, 0.1) is 13.2 Å². The van der Waals surface area contributed by atoms with E-state index in [1.54, 1.807) is 19.3 Å². The van der Waals surface area contributed by atoms with E-state index < -0.39 is 5.97 Å². The van der Waals surface area contributed by atoms with E-state index >= 15 is 0 Å². The molecule has 136 valence electrons. The van der Waals surface area contributed by atoms with Crippen LogP contribution in [-0.4, -0.2) is 25.6 Å².